The van der Waals surface area contributed by atoms with E-state index in [2.05, 4.69) is 5.32 Å². The Kier molecular flexibility index (Phi) is 4.85. The molecule has 0 saturated carbocycles. The fraction of sp³-hybridized carbons (Fsp3) is 0.227. The monoisotopic (exact) mass is 440 g/mol. The number of hydrogen-bond donors (Lipinski definition) is 1. The van der Waals surface area contributed by atoms with E-state index in [4.69, 9.17) is 4.42 Å². The third kappa shape index (κ3) is 3.40. The number of sulfonamides is 1. The topological polar surface area (TPSA) is 79.6 Å². The summed E-state index contributed by atoms with van der Waals surface area (Å²) in [6, 6.07) is 16.8. The zero-order valence-electron chi connectivity index (χ0n) is 16.1. The molecule has 4 aromatic rings. The number of rotatable bonds is 4. The molecule has 0 aliphatic carbocycles. The lowest BCUT2D eigenvalue weighted by atomic mass is 9.97. The third-order valence-corrected chi connectivity index (χ3v) is 8.83. The molecule has 0 unspecified atom stereocenters. The van der Waals surface area contributed by atoms with Gasteiger partial charge in [0.15, 0.2) is 0 Å². The van der Waals surface area contributed by atoms with Crippen molar-refractivity contribution in [3.8, 4) is 0 Å². The van der Waals surface area contributed by atoms with Crippen molar-refractivity contribution in [3.63, 3.8) is 0 Å². The van der Waals surface area contributed by atoms with Gasteiger partial charge in [-0.3, -0.25) is 4.79 Å². The van der Waals surface area contributed by atoms with Gasteiger partial charge in [-0.25, -0.2) is 8.42 Å². The number of para-hydroxylation sites is 1. The van der Waals surface area contributed by atoms with Crippen LogP contribution in [0.3, 0.4) is 0 Å². The second-order valence-electron chi connectivity index (χ2n) is 7.41. The summed E-state index contributed by atoms with van der Waals surface area (Å²) in [5.41, 5.74) is 2.22. The zero-order valence-corrected chi connectivity index (χ0v) is 17.7. The molecule has 30 heavy (non-hydrogen) atoms. The molecule has 1 aliphatic rings. The minimum atomic E-state index is -3.46. The molecule has 6 nitrogen and oxygen atoms in total. The minimum Gasteiger partial charge on any atom is -0.456 e. The highest BCUT2D eigenvalue weighted by molar-refractivity contribution is 7.91. The molecule has 1 aliphatic heterocycles. The van der Waals surface area contributed by atoms with Crippen molar-refractivity contribution in [1.29, 1.82) is 0 Å². The summed E-state index contributed by atoms with van der Waals surface area (Å²) in [7, 11) is -3.46. The van der Waals surface area contributed by atoms with Crippen LogP contribution in [-0.4, -0.2) is 31.7 Å². The number of benzene rings is 2. The first-order chi connectivity index (χ1) is 14.5. The number of piperidine rings is 1. The third-order valence-electron chi connectivity index (χ3n) is 5.56. The van der Waals surface area contributed by atoms with E-state index in [1.807, 2.05) is 42.5 Å². The smallest absolute Gasteiger partial charge is 0.252 e. The number of amides is 1. The van der Waals surface area contributed by atoms with Crippen molar-refractivity contribution in [2.45, 2.75) is 17.1 Å². The van der Waals surface area contributed by atoms with Crippen molar-refractivity contribution in [2.24, 2.45) is 5.92 Å². The fourth-order valence-electron chi connectivity index (χ4n) is 3.94. The Labute approximate surface area is 178 Å². The Morgan fingerprint density at radius 2 is 1.77 bits per heavy atom. The van der Waals surface area contributed by atoms with Crippen LogP contribution in [-0.2, 0) is 14.8 Å². The molecule has 1 amide bonds. The van der Waals surface area contributed by atoms with Crippen LogP contribution >= 0.6 is 11.3 Å². The van der Waals surface area contributed by atoms with Gasteiger partial charge in [-0.1, -0.05) is 24.3 Å². The Morgan fingerprint density at radius 1 is 1.00 bits per heavy atom. The van der Waals surface area contributed by atoms with Gasteiger partial charge in [0.1, 0.15) is 15.4 Å². The average molecular weight is 441 g/mol. The van der Waals surface area contributed by atoms with Gasteiger partial charge < -0.3 is 9.73 Å². The maximum absolute atomic E-state index is 12.8. The zero-order chi connectivity index (χ0) is 20.7. The Balaban J connectivity index is 1.27. The van der Waals surface area contributed by atoms with Crippen LogP contribution in [0.1, 0.15) is 12.8 Å². The number of carbonyl (C=O) groups excluding carboxylic acids is 1. The van der Waals surface area contributed by atoms with E-state index >= 15 is 0 Å². The highest BCUT2D eigenvalue weighted by Gasteiger charge is 2.32. The average Bonchev–Trinajstić information content (AvgIpc) is 3.42. The van der Waals surface area contributed by atoms with Gasteiger partial charge in [0.2, 0.25) is 5.91 Å². The molecule has 1 fully saturated rings. The highest BCUT2D eigenvalue weighted by Crippen LogP contribution is 2.31. The van der Waals surface area contributed by atoms with Gasteiger partial charge in [0.05, 0.1) is 0 Å². The van der Waals surface area contributed by atoms with Gasteiger partial charge in [0.25, 0.3) is 10.0 Å². The number of anilines is 1. The maximum atomic E-state index is 12.8. The quantitative estimate of drug-likeness (QED) is 0.499. The minimum absolute atomic E-state index is 0.0846. The molecule has 0 spiro atoms. The van der Waals surface area contributed by atoms with Gasteiger partial charge in [-0.15, -0.1) is 11.3 Å². The standard InChI is InChI=1S/C22H20N2O4S2/c25-22(15-9-11-24(12-10-15)30(26,27)21-6-3-13-29-21)23-16-7-8-18-17-4-1-2-5-19(17)28-20(18)14-16/h1-8,13-15H,9-12H2,(H,23,25). The maximum Gasteiger partial charge on any atom is 0.252 e. The first-order valence-corrected chi connectivity index (χ1v) is 12.1. The molecule has 2 aromatic carbocycles. The van der Waals surface area contributed by atoms with Gasteiger partial charge in [0, 0.05) is 41.5 Å². The molecular formula is C22H20N2O4S2. The summed E-state index contributed by atoms with van der Waals surface area (Å²) >= 11 is 1.22. The molecule has 1 N–H and O–H groups in total. The van der Waals surface area contributed by atoms with Crippen molar-refractivity contribution in [2.75, 3.05) is 18.4 Å². The number of hydrogen-bond acceptors (Lipinski definition) is 5. The molecule has 5 rings (SSSR count). The van der Waals surface area contributed by atoms with Crippen LogP contribution < -0.4 is 5.32 Å². The van der Waals surface area contributed by atoms with E-state index < -0.39 is 10.0 Å². The number of carbonyl (C=O) groups is 1. The summed E-state index contributed by atoms with van der Waals surface area (Å²) < 4.78 is 33.0. The second kappa shape index (κ2) is 7.54. The van der Waals surface area contributed by atoms with Crippen LogP contribution in [0.25, 0.3) is 21.9 Å². The number of nitrogens with one attached hydrogen (secondary N) is 1. The van der Waals surface area contributed by atoms with Crippen LogP contribution in [0.15, 0.2) is 68.6 Å². The number of furan rings is 1. The van der Waals surface area contributed by atoms with Crippen LogP contribution in [0.5, 0.6) is 0 Å². The highest BCUT2D eigenvalue weighted by atomic mass is 32.2. The number of fused-ring (bicyclic) bond motifs is 3. The Bertz CT molecular complexity index is 1320. The van der Waals surface area contributed by atoms with Gasteiger partial charge in [-0.05, 0) is 42.5 Å². The first-order valence-electron chi connectivity index (χ1n) is 9.78. The lowest BCUT2D eigenvalue weighted by Crippen LogP contribution is -2.41. The molecule has 154 valence electrons. The number of thiophene rings is 1. The van der Waals surface area contributed by atoms with E-state index in [0.29, 0.717) is 35.8 Å². The molecule has 0 atom stereocenters. The number of nitrogens with zero attached hydrogens (tertiary/aromatic N) is 1. The van der Waals surface area contributed by atoms with Gasteiger partial charge in [-0.2, -0.15) is 4.31 Å². The molecule has 0 bridgehead atoms. The van der Waals surface area contributed by atoms with Crippen LogP contribution in [0.4, 0.5) is 5.69 Å². The van der Waals surface area contributed by atoms with Gasteiger partial charge >= 0.3 is 0 Å². The predicted molar refractivity (Wildman–Crippen MR) is 118 cm³/mol. The van der Waals surface area contributed by atoms with Crippen LogP contribution in [0, 0.1) is 5.92 Å². The summed E-state index contributed by atoms with van der Waals surface area (Å²) in [6.07, 6.45) is 1.01. The molecule has 3 heterocycles. The van der Waals surface area contributed by atoms with E-state index in [1.165, 1.54) is 15.6 Å². The fourth-order valence-corrected chi connectivity index (χ4v) is 6.56. The lowest BCUT2D eigenvalue weighted by molar-refractivity contribution is -0.120. The molecule has 1 saturated heterocycles. The van der Waals surface area contributed by atoms with E-state index in [9.17, 15) is 13.2 Å². The second-order valence-corrected chi connectivity index (χ2v) is 10.5. The Hall–Kier alpha value is -2.68. The Morgan fingerprint density at radius 3 is 2.53 bits per heavy atom. The molecular weight excluding hydrogens is 420 g/mol. The van der Waals surface area contributed by atoms with Crippen LogP contribution in [0.2, 0.25) is 0 Å². The molecule has 8 heteroatoms. The summed E-state index contributed by atoms with van der Waals surface area (Å²) in [4.78, 5) is 12.8. The lowest BCUT2D eigenvalue weighted by Gasteiger charge is -2.30. The summed E-state index contributed by atoms with van der Waals surface area (Å²) in [6.45, 7) is 0.696. The largest absolute Gasteiger partial charge is 0.456 e. The van der Waals surface area contributed by atoms with E-state index in [1.54, 1.807) is 17.5 Å². The SMILES string of the molecule is O=C(Nc1ccc2c(c1)oc1ccccc12)C1CCN(S(=O)(=O)c2cccs2)CC1. The van der Waals surface area contributed by atoms with Crippen molar-refractivity contribution in [1.82, 2.24) is 4.31 Å². The van der Waals surface area contributed by atoms with Crippen molar-refractivity contribution < 1.29 is 17.6 Å². The normalized spacial score (nSPS) is 16.3. The van der Waals surface area contributed by atoms with Crippen molar-refractivity contribution >= 4 is 54.9 Å². The van der Waals surface area contributed by atoms with E-state index in [0.717, 1.165) is 21.9 Å². The molecule has 2 aromatic heterocycles. The molecule has 0 radical (unpaired) electrons. The first kappa shape index (κ1) is 19.3. The summed E-state index contributed by atoms with van der Waals surface area (Å²) in [5.74, 6) is -0.301. The summed E-state index contributed by atoms with van der Waals surface area (Å²) in [5, 5.41) is 6.78. The van der Waals surface area contributed by atoms with Crippen molar-refractivity contribution in [3.05, 3.63) is 60.0 Å². The van der Waals surface area contributed by atoms with E-state index in [-0.39, 0.29) is 11.8 Å². The predicted octanol–water partition coefficient (Wildman–Crippen LogP) is 4.69.